The van der Waals surface area contributed by atoms with Gasteiger partial charge in [0.15, 0.2) is 0 Å². The van der Waals surface area contributed by atoms with E-state index in [1.807, 2.05) is 6.92 Å². The van der Waals surface area contributed by atoms with Crippen molar-refractivity contribution in [3.63, 3.8) is 0 Å². The van der Waals surface area contributed by atoms with Gasteiger partial charge in [0.25, 0.3) is 0 Å². The number of rotatable bonds is 6. The number of nitrogens with two attached hydrogens (primary N) is 1. The number of hydrogen-bond donors (Lipinski definition) is 1. The second-order valence-electron chi connectivity index (χ2n) is 7.56. The van der Waals surface area contributed by atoms with Gasteiger partial charge in [0.2, 0.25) is 0 Å². The van der Waals surface area contributed by atoms with Gasteiger partial charge in [-0.05, 0) is 55.0 Å². The molecule has 24 heavy (non-hydrogen) atoms. The Kier molecular flexibility index (Phi) is 6.06. The smallest absolute Gasteiger partial charge is 0.122 e. The van der Waals surface area contributed by atoms with Crippen molar-refractivity contribution in [1.82, 2.24) is 0 Å². The van der Waals surface area contributed by atoms with E-state index in [0.717, 1.165) is 12.2 Å². The molecule has 2 aromatic rings. The molecule has 2 N–H and O–H groups in total. The minimum atomic E-state index is 0.185. The Morgan fingerprint density at radius 1 is 1.04 bits per heavy atom. The summed E-state index contributed by atoms with van der Waals surface area (Å²) in [5.74, 6) is 1.23. The minimum Gasteiger partial charge on any atom is -0.494 e. The van der Waals surface area contributed by atoms with Crippen molar-refractivity contribution in [2.45, 2.75) is 52.4 Å². The predicted octanol–water partition coefficient (Wildman–Crippen LogP) is 4.98. The molecule has 0 aliphatic carbocycles. The monoisotopic (exact) mass is 325 g/mol. The highest BCUT2D eigenvalue weighted by Crippen LogP contribution is 2.31. The van der Waals surface area contributed by atoms with E-state index in [2.05, 4.69) is 70.2 Å². The van der Waals surface area contributed by atoms with E-state index in [9.17, 15) is 0 Å². The molecule has 0 bridgehead atoms. The van der Waals surface area contributed by atoms with Gasteiger partial charge in [0.05, 0.1) is 6.61 Å². The van der Waals surface area contributed by atoms with Gasteiger partial charge >= 0.3 is 0 Å². The highest BCUT2D eigenvalue weighted by Gasteiger charge is 2.17. The maximum atomic E-state index is 6.11. The Hall–Kier alpha value is -1.80. The fourth-order valence-corrected chi connectivity index (χ4v) is 3.02. The summed E-state index contributed by atoms with van der Waals surface area (Å²) in [4.78, 5) is 0. The van der Waals surface area contributed by atoms with Gasteiger partial charge in [-0.25, -0.2) is 0 Å². The summed E-state index contributed by atoms with van der Waals surface area (Å²) in [5.41, 5.74) is 11.4. The maximum absolute atomic E-state index is 6.11. The summed E-state index contributed by atoms with van der Waals surface area (Å²) in [6, 6.07) is 15.3. The van der Waals surface area contributed by atoms with E-state index in [4.69, 9.17) is 10.5 Å². The van der Waals surface area contributed by atoms with Crippen LogP contribution in [0.3, 0.4) is 0 Å². The molecule has 2 nitrogen and oxygen atoms in total. The molecule has 130 valence electrons. The summed E-state index contributed by atoms with van der Waals surface area (Å²) in [5, 5.41) is 0. The first kappa shape index (κ1) is 18.5. The van der Waals surface area contributed by atoms with E-state index < -0.39 is 0 Å². The highest BCUT2D eigenvalue weighted by atomic mass is 16.5. The number of benzene rings is 2. The van der Waals surface area contributed by atoms with Gasteiger partial charge in [0, 0.05) is 5.92 Å². The van der Waals surface area contributed by atoms with Crippen LogP contribution in [0.2, 0.25) is 0 Å². The Morgan fingerprint density at radius 2 is 1.71 bits per heavy atom. The van der Waals surface area contributed by atoms with Gasteiger partial charge in [-0.3, -0.25) is 0 Å². The van der Waals surface area contributed by atoms with E-state index in [1.165, 1.54) is 22.3 Å². The molecule has 0 radical (unpaired) electrons. The fourth-order valence-electron chi connectivity index (χ4n) is 3.02. The first-order chi connectivity index (χ1) is 11.3. The molecule has 0 spiro atoms. The lowest BCUT2D eigenvalue weighted by atomic mass is 9.85. The highest BCUT2D eigenvalue weighted by molar-refractivity contribution is 5.41. The van der Waals surface area contributed by atoms with E-state index >= 15 is 0 Å². The lowest BCUT2D eigenvalue weighted by molar-refractivity contribution is 0.334. The van der Waals surface area contributed by atoms with Crippen molar-refractivity contribution in [1.29, 1.82) is 0 Å². The van der Waals surface area contributed by atoms with Crippen molar-refractivity contribution in [2.24, 2.45) is 5.73 Å². The van der Waals surface area contributed by atoms with Crippen molar-refractivity contribution in [2.75, 3.05) is 13.2 Å². The van der Waals surface area contributed by atoms with Crippen LogP contribution in [0.1, 0.15) is 55.9 Å². The average molecular weight is 325 g/mol. The number of ether oxygens (including phenoxy) is 1. The molecule has 2 rings (SSSR count). The van der Waals surface area contributed by atoms with Crippen molar-refractivity contribution >= 4 is 0 Å². The lowest BCUT2D eigenvalue weighted by Gasteiger charge is -2.22. The molecule has 2 heteroatoms. The Labute approximate surface area is 147 Å². The topological polar surface area (TPSA) is 35.2 Å². The average Bonchev–Trinajstić information content (AvgIpc) is 2.54. The standard InChI is InChI=1S/C22H31NO/c1-6-24-21-12-7-16(2)13-20(21)18(15-23)14-17-8-10-19(11-9-17)22(3,4)5/h7-13,18H,6,14-15,23H2,1-5H3. The van der Waals surface area contributed by atoms with E-state index in [1.54, 1.807) is 0 Å². The fraction of sp³-hybridized carbons (Fsp3) is 0.455. The Morgan fingerprint density at radius 3 is 2.25 bits per heavy atom. The Balaban J connectivity index is 2.25. The van der Waals surface area contributed by atoms with Crippen LogP contribution in [0.5, 0.6) is 5.75 Å². The largest absolute Gasteiger partial charge is 0.494 e. The molecule has 0 aromatic heterocycles. The van der Waals surface area contributed by atoms with Crippen LogP contribution in [-0.4, -0.2) is 13.2 Å². The molecule has 0 saturated heterocycles. The second-order valence-corrected chi connectivity index (χ2v) is 7.56. The van der Waals surface area contributed by atoms with Crippen LogP contribution in [0.15, 0.2) is 42.5 Å². The second kappa shape index (κ2) is 7.85. The van der Waals surface area contributed by atoms with Gasteiger partial charge in [-0.15, -0.1) is 0 Å². The maximum Gasteiger partial charge on any atom is 0.122 e. The van der Waals surface area contributed by atoms with Gasteiger partial charge < -0.3 is 10.5 Å². The number of aryl methyl sites for hydroxylation is 1. The third kappa shape index (κ3) is 4.61. The SMILES string of the molecule is CCOc1ccc(C)cc1C(CN)Cc1ccc(C(C)(C)C)cc1. The molecular weight excluding hydrogens is 294 g/mol. The van der Waals surface area contributed by atoms with Crippen molar-refractivity contribution < 1.29 is 4.74 Å². The normalized spacial score (nSPS) is 12.9. The van der Waals surface area contributed by atoms with E-state index in [0.29, 0.717) is 13.2 Å². The van der Waals surface area contributed by atoms with Crippen LogP contribution in [-0.2, 0) is 11.8 Å². The molecule has 2 aromatic carbocycles. The van der Waals surface area contributed by atoms with Gasteiger partial charge in [-0.2, -0.15) is 0 Å². The van der Waals surface area contributed by atoms with Crippen molar-refractivity contribution in [3.05, 3.63) is 64.7 Å². The molecule has 0 fully saturated rings. The minimum absolute atomic E-state index is 0.185. The van der Waals surface area contributed by atoms with Crippen LogP contribution < -0.4 is 10.5 Å². The lowest BCUT2D eigenvalue weighted by Crippen LogP contribution is -2.17. The quantitative estimate of drug-likeness (QED) is 0.813. The van der Waals surface area contributed by atoms with E-state index in [-0.39, 0.29) is 11.3 Å². The predicted molar refractivity (Wildman–Crippen MR) is 103 cm³/mol. The molecule has 0 amide bonds. The zero-order valence-corrected chi connectivity index (χ0v) is 15.7. The van der Waals surface area contributed by atoms with Crippen LogP contribution in [0.4, 0.5) is 0 Å². The summed E-state index contributed by atoms with van der Waals surface area (Å²) in [6.45, 7) is 12.2. The third-order valence-corrected chi connectivity index (χ3v) is 4.49. The summed E-state index contributed by atoms with van der Waals surface area (Å²) < 4.78 is 5.82. The van der Waals surface area contributed by atoms with Crippen LogP contribution in [0.25, 0.3) is 0 Å². The molecule has 1 atom stereocenters. The molecular formula is C22H31NO. The molecule has 0 aliphatic heterocycles. The first-order valence-electron chi connectivity index (χ1n) is 8.88. The molecule has 0 aliphatic rings. The molecule has 0 saturated carbocycles. The van der Waals surface area contributed by atoms with Gasteiger partial charge in [0.1, 0.15) is 5.75 Å². The van der Waals surface area contributed by atoms with Crippen LogP contribution >= 0.6 is 0 Å². The Bertz CT molecular complexity index is 653. The molecule has 1 unspecified atom stereocenters. The summed E-state index contributed by atoms with van der Waals surface area (Å²) in [6.07, 6.45) is 0.935. The third-order valence-electron chi connectivity index (χ3n) is 4.49. The first-order valence-corrected chi connectivity index (χ1v) is 8.88. The summed E-state index contributed by atoms with van der Waals surface area (Å²) in [7, 11) is 0. The molecule has 0 heterocycles. The summed E-state index contributed by atoms with van der Waals surface area (Å²) >= 11 is 0. The zero-order valence-electron chi connectivity index (χ0n) is 15.7. The van der Waals surface area contributed by atoms with Crippen molar-refractivity contribution in [3.8, 4) is 5.75 Å². The van der Waals surface area contributed by atoms with Crippen LogP contribution in [0, 0.1) is 6.92 Å². The number of hydrogen-bond acceptors (Lipinski definition) is 2. The van der Waals surface area contributed by atoms with Gasteiger partial charge in [-0.1, -0.05) is 62.7 Å². The zero-order chi connectivity index (χ0) is 17.7.